The fourth-order valence-corrected chi connectivity index (χ4v) is 4.61. The summed E-state index contributed by atoms with van der Waals surface area (Å²) in [5.41, 5.74) is 4.36. The molecule has 1 N–H and O–H groups in total. The summed E-state index contributed by atoms with van der Waals surface area (Å²) < 4.78 is 0. The van der Waals surface area contributed by atoms with E-state index in [1.54, 1.807) is 4.90 Å². The zero-order valence-corrected chi connectivity index (χ0v) is 18.9. The molecule has 0 aliphatic carbocycles. The highest BCUT2D eigenvalue weighted by molar-refractivity contribution is 5.98. The molecular weight excluding hydrogens is 402 g/mol. The predicted molar refractivity (Wildman–Crippen MR) is 124 cm³/mol. The van der Waals surface area contributed by atoms with Crippen molar-refractivity contribution in [3.63, 3.8) is 0 Å². The van der Waals surface area contributed by atoms with E-state index in [1.165, 1.54) is 0 Å². The second kappa shape index (κ2) is 9.55. The number of benzene rings is 2. The van der Waals surface area contributed by atoms with E-state index in [-0.39, 0.29) is 17.7 Å². The summed E-state index contributed by atoms with van der Waals surface area (Å²) in [4.78, 5) is 42.5. The summed E-state index contributed by atoms with van der Waals surface area (Å²) in [6.07, 6.45) is 4.07. The molecule has 0 radical (unpaired) electrons. The molecule has 1 unspecified atom stereocenters. The van der Waals surface area contributed by atoms with E-state index >= 15 is 0 Å². The second-order valence-electron chi connectivity index (χ2n) is 8.79. The fourth-order valence-electron chi connectivity index (χ4n) is 4.61. The number of aryl methyl sites for hydroxylation is 1. The molecule has 2 aliphatic rings. The molecule has 6 heteroatoms. The van der Waals surface area contributed by atoms with Crippen LogP contribution in [0.4, 0.5) is 5.69 Å². The Morgan fingerprint density at radius 2 is 1.78 bits per heavy atom. The lowest BCUT2D eigenvalue weighted by atomic mass is 9.91. The van der Waals surface area contributed by atoms with Crippen molar-refractivity contribution in [1.82, 2.24) is 9.80 Å². The SMILES string of the molecule is CCC(=O)Nc1ccc2c(c1)CN(C(=O)c1cccc(C)c1)C(C(=O)N1CCCCC1)C2. The summed E-state index contributed by atoms with van der Waals surface area (Å²) in [6, 6.07) is 12.8. The Kier molecular flexibility index (Phi) is 6.58. The van der Waals surface area contributed by atoms with Crippen LogP contribution in [0.25, 0.3) is 0 Å². The van der Waals surface area contributed by atoms with E-state index in [1.807, 2.05) is 61.2 Å². The lowest BCUT2D eigenvalue weighted by Crippen LogP contribution is -2.54. The first-order chi connectivity index (χ1) is 15.5. The van der Waals surface area contributed by atoms with Gasteiger partial charge < -0.3 is 15.1 Å². The van der Waals surface area contributed by atoms with Crippen molar-refractivity contribution in [3.05, 3.63) is 64.7 Å². The molecule has 2 aromatic rings. The van der Waals surface area contributed by atoms with E-state index < -0.39 is 6.04 Å². The molecule has 0 spiro atoms. The monoisotopic (exact) mass is 433 g/mol. The molecular formula is C26H31N3O3. The minimum atomic E-state index is -0.510. The van der Waals surface area contributed by atoms with Crippen LogP contribution in [0.1, 0.15) is 59.7 Å². The number of carbonyl (C=O) groups excluding carboxylic acids is 3. The first kappa shape index (κ1) is 22.1. The molecule has 6 nitrogen and oxygen atoms in total. The van der Waals surface area contributed by atoms with Crippen LogP contribution in [0.3, 0.4) is 0 Å². The first-order valence-corrected chi connectivity index (χ1v) is 11.5. The van der Waals surface area contributed by atoms with Gasteiger partial charge in [0, 0.05) is 43.7 Å². The van der Waals surface area contributed by atoms with Crippen LogP contribution in [0.5, 0.6) is 0 Å². The molecule has 3 amide bonds. The van der Waals surface area contributed by atoms with Crippen molar-refractivity contribution in [3.8, 4) is 0 Å². The van der Waals surface area contributed by atoms with E-state index in [4.69, 9.17) is 0 Å². The number of nitrogens with one attached hydrogen (secondary N) is 1. The van der Waals surface area contributed by atoms with Crippen LogP contribution in [-0.2, 0) is 22.6 Å². The van der Waals surface area contributed by atoms with Crippen LogP contribution < -0.4 is 5.32 Å². The van der Waals surface area contributed by atoms with Gasteiger partial charge in [-0.3, -0.25) is 14.4 Å². The normalized spacial score (nSPS) is 18.1. The lowest BCUT2D eigenvalue weighted by Gasteiger charge is -2.39. The third kappa shape index (κ3) is 4.69. The van der Waals surface area contributed by atoms with Crippen LogP contribution in [0, 0.1) is 6.92 Å². The Hall–Kier alpha value is -3.15. The number of amides is 3. The van der Waals surface area contributed by atoms with Gasteiger partial charge in [0.1, 0.15) is 6.04 Å². The number of carbonyl (C=O) groups is 3. The number of hydrogen-bond donors (Lipinski definition) is 1. The fraction of sp³-hybridized carbons (Fsp3) is 0.423. The molecule has 4 rings (SSSR count). The molecule has 168 valence electrons. The maximum absolute atomic E-state index is 13.6. The molecule has 0 bridgehead atoms. The summed E-state index contributed by atoms with van der Waals surface area (Å²) in [5.74, 6) is -0.135. The number of piperidine rings is 1. The molecule has 32 heavy (non-hydrogen) atoms. The first-order valence-electron chi connectivity index (χ1n) is 11.5. The van der Waals surface area contributed by atoms with Crippen molar-refractivity contribution < 1.29 is 14.4 Å². The van der Waals surface area contributed by atoms with Gasteiger partial charge >= 0.3 is 0 Å². The predicted octanol–water partition coefficient (Wildman–Crippen LogP) is 3.92. The third-order valence-corrected chi connectivity index (χ3v) is 6.42. The second-order valence-corrected chi connectivity index (χ2v) is 8.79. The summed E-state index contributed by atoms with van der Waals surface area (Å²) in [7, 11) is 0. The Labute approximate surface area is 189 Å². The zero-order chi connectivity index (χ0) is 22.7. The zero-order valence-electron chi connectivity index (χ0n) is 18.9. The quantitative estimate of drug-likeness (QED) is 0.795. The number of likely N-dealkylation sites (tertiary alicyclic amines) is 1. The van der Waals surface area contributed by atoms with E-state index in [9.17, 15) is 14.4 Å². The van der Waals surface area contributed by atoms with Crippen molar-refractivity contribution in [2.24, 2.45) is 0 Å². The van der Waals surface area contributed by atoms with Crippen molar-refractivity contribution >= 4 is 23.4 Å². The van der Waals surface area contributed by atoms with Gasteiger partial charge in [0.25, 0.3) is 5.91 Å². The van der Waals surface area contributed by atoms with Crippen LogP contribution in [-0.4, -0.2) is 46.7 Å². The smallest absolute Gasteiger partial charge is 0.254 e. The Bertz CT molecular complexity index is 1030. The highest BCUT2D eigenvalue weighted by Crippen LogP contribution is 2.29. The van der Waals surface area contributed by atoms with E-state index in [0.29, 0.717) is 24.9 Å². The number of nitrogens with zero attached hydrogens (tertiary/aromatic N) is 2. The van der Waals surface area contributed by atoms with Crippen molar-refractivity contribution in [1.29, 1.82) is 0 Å². The molecule has 1 atom stereocenters. The van der Waals surface area contributed by atoms with Crippen molar-refractivity contribution in [2.75, 3.05) is 18.4 Å². The van der Waals surface area contributed by atoms with Gasteiger partial charge in [-0.05, 0) is 61.6 Å². The van der Waals surface area contributed by atoms with Crippen molar-refractivity contribution in [2.45, 2.75) is 58.5 Å². The Morgan fingerprint density at radius 1 is 1.00 bits per heavy atom. The highest BCUT2D eigenvalue weighted by atomic mass is 16.2. The van der Waals surface area contributed by atoms with Gasteiger partial charge in [-0.2, -0.15) is 0 Å². The number of hydrogen-bond acceptors (Lipinski definition) is 3. The number of anilines is 1. The Morgan fingerprint density at radius 3 is 2.50 bits per heavy atom. The molecule has 0 aromatic heterocycles. The molecule has 1 fully saturated rings. The molecule has 1 saturated heterocycles. The van der Waals surface area contributed by atoms with E-state index in [0.717, 1.165) is 54.7 Å². The highest BCUT2D eigenvalue weighted by Gasteiger charge is 2.37. The van der Waals surface area contributed by atoms with Gasteiger partial charge in [0.2, 0.25) is 11.8 Å². The maximum atomic E-state index is 13.6. The minimum Gasteiger partial charge on any atom is -0.341 e. The van der Waals surface area contributed by atoms with Gasteiger partial charge in [-0.1, -0.05) is 30.7 Å². The minimum absolute atomic E-state index is 0.0414. The number of rotatable bonds is 4. The lowest BCUT2D eigenvalue weighted by molar-refractivity contribution is -0.137. The summed E-state index contributed by atoms with van der Waals surface area (Å²) >= 11 is 0. The van der Waals surface area contributed by atoms with Gasteiger partial charge in [-0.25, -0.2) is 0 Å². The van der Waals surface area contributed by atoms with E-state index in [2.05, 4.69) is 5.32 Å². The average Bonchev–Trinajstić information content (AvgIpc) is 2.82. The summed E-state index contributed by atoms with van der Waals surface area (Å²) in [6.45, 7) is 5.64. The van der Waals surface area contributed by atoms with Gasteiger partial charge in [-0.15, -0.1) is 0 Å². The Balaban J connectivity index is 1.66. The summed E-state index contributed by atoms with van der Waals surface area (Å²) in [5, 5.41) is 2.89. The van der Waals surface area contributed by atoms with Gasteiger partial charge in [0.15, 0.2) is 0 Å². The number of fused-ring (bicyclic) bond motifs is 1. The molecule has 2 heterocycles. The van der Waals surface area contributed by atoms with Crippen LogP contribution >= 0.6 is 0 Å². The van der Waals surface area contributed by atoms with Crippen LogP contribution in [0.15, 0.2) is 42.5 Å². The largest absolute Gasteiger partial charge is 0.341 e. The van der Waals surface area contributed by atoms with Crippen LogP contribution in [0.2, 0.25) is 0 Å². The molecule has 2 aromatic carbocycles. The maximum Gasteiger partial charge on any atom is 0.254 e. The average molecular weight is 434 g/mol. The standard InChI is InChI=1S/C26H31N3O3/c1-3-24(30)27-22-11-10-19-16-23(26(32)28-12-5-4-6-13-28)29(17-21(19)15-22)25(31)20-9-7-8-18(2)14-20/h7-11,14-15,23H,3-6,12-13,16-17H2,1-2H3,(H,27,30). The van der Waals surface area contributed by atoms with Gasteiger partial charge in [0.05, 0.1) is 0 Å². The molecule has 0 saturated carbocycles. The topological polar surface area (TPSA) is 69.7 Å². The third-order valence-electron chi connectivity index (χ3n) is 6.42. The molecule has 2 aliphatic heterocycles.